The summed E-state index contributed by atoms with van der Waals surface area (Å²) < 4.78 is 45.4. The first-order valence-electron chi connectivity index (χ1n) is 6.98. The Morgan fingerprint density at radius 1 is 1.24 bits per heavy atom. The van der Waals surface area contributed by atoms with Gasteiger partial charge in [0.2, 0.25) is 0 Å². The maximum atomic E-state index is 12.9. The molecule has 0 radical (unpaired) electrons. The number of hydrogen-bond acceptors (Lipinski definition) is 2. The van der Waals surface area contributed by atoms with Crippen LogP contribution >= 0.6 is 0 Å². The highest BCUT2D eigenvalue weighted by Crippen LogP contribution is 2.35. The predicted octanol–water partition coefficient (Wildman–Crippen LogP) is 3.68. The van der Waals surface area contributed by atoms with Gasteiger partial charge in [0.15, 0.2) is 0 Å². The van der Waals surface area contributed by atoms with E-state index in [0.717, 1.165) is 12.8 Å². The number of aromatic nitrogens is 1. The number of nitrogens with two attached hydrogens (primary N) is 1. The van der Waals surface area contributed by atoms with Crippen LogP contribution < -0.4 is 5.73 Å². The number of hydrogen-bond donors (Lipinski definition) is 1. The number of anilines is 1. The van der Waals surface area contributed by atoms with Crippen molar-refractivity contribution in [3.05, 3.63) is 30.0 Å². The maximum Gasteiger partial charge on any atom is 0.406 e. The Kier molecular flexibility index (Phi) is 3.57. The van der Waals surface area contributed by atoms with Crippen LogP contribution in [-0.2, 0) is 11.3 Å². The van der Waals surface area contributed by atoms with Gasteiger partial charge in [-0.2, -0.15) is 13.2 Å². The third kappa shape index (κ3) is 2.85. The lowest BCUT2D eigenvalue weighted by Crippen LogP contribution is -2.22. The van der Waals surface area contributed by atoms with E-state index in [1.165, 1.54) is 4.57 Å². The van der Waals surface area contributed by atoms with Gasteiger partial charge in [0.25, 0.3) is 0 Å². The summed E-state index contributed by atoms with van der Waals surface area (Å²) in [6, 6.07) is 6.92. The van der Waals surface area contributed by atoms with Crippen molar-refractivity contribution in [2.75, 3.05) is 18.9 Å². The first-order chi connectivity index (χ1) is 9.96. The molecule has 1 saturated heterocycles. The molecule has 0 aliphatic carbocycles. The molecule has 0 unspecified atom stereocenters. The number of nitrogen functional groups attached to an aromatic ring is 1. The number of halogens is 3. The zero-order valence-corrected chi connectivity index (χ0v) is 11.5. The van der Waals surface area contributed by atoms with E-state index in [0.29, 0.717) is 35.5 Å². The van der Waals surface area contributed by atoms with Crippen molar-refractivity contribution in [3.8, 4) is 0 Å². The summed E-state index contributed by atoms with van der Waals surface area (Å²) in [5.41, 5.74) is 7.69. The zero-order chi connectivity index (χ0) is 15.0. The lowest BCUT2D eigenvalue weighted by atomic mass is 9.96. The molecule has 1 fully saturated rings. The number of alkyl halides is 3. The van der Waals surface area contributed by atoms with Gasteiger partial charge in [0.1, 0.15) is 6.54 Å². The average molecular weight is 298 g/mol. The van der Waals surface area contributed by atoms with E-state index in [1.54, 1.807) is 18.2 Å². The number of fused-ring (bicyclic) bond motifs is 1. The molecular weight excluding hydrogens is 281 g/mol. The monoisotopic (exact) mass is 298 g/mol. The van der Waals surface area contributed by atoms with Crippen molar-refractivity contribution in [1.29, 1.82) is 0 Å². The van der Waals surface area contributed by atoms with Gasteiger partial charge >= 0.3 is 6.18 Å². The normalized spacial score (nSPS) is 17.5. The summed E-state index contributed by atoms with van der Waals surface area (Å²) in [5, 5.41) is 0.697. The van der Waals surface area contributed by atoms with Gasteiger partial charge in [-0.3, -0.25) is 0 Å². The summed E-state index contributed by atoms with van der Waals surface area (Å²) in [6.45, 7) is 0.202. The Morgan fingerprint density at radius 2 is 1.95 bits per heavy atom. The van der Waals surface area contributed by atoms with Gasteiger partial charge in [0, 0.05) is 35.9 Å². The van der Waals surface area contributed by atoms with Crippen molar-refractivity contribution in [2.24, 2.45) is 0 Å². The SMILES string of the molecule is Nc1cccc2c1cc(C1CCOCC1)n2CC(F)(F)F. The van der Waals surface area contributed by atoms with Crippen molar-refractivity contribution in [1.82, 2.24) is 4.57 Å². The average Bonchev–Trinajstić information content (AvgIpc) is 2.78. The molecule has 6 heteroatoms. The zero-order valence-electron chi connectivity index (χ0n) is 11.5. The van der Waals surface area contributed by atoms with Crippen molar-refractivity contribution < 1.29 is 17.9 Å². The number of nitrogens with zero attached hydrogens (tertiary/aromatic N) is 1. The van der Waals surface area contributed by atoms with Gasteiger partial charge in [-0.05, 0) is 31.0 Å². The minimum atomic E-state index is -4.25. The highest BCUT2D eigenvalue weighted by Gasteiger charge is 2.31. The van der Waals surface area contributed by atoms with Crippen LogP contribution in [0.4, 0.5) is 18.9 Å². The van der Waals surface area contributed by atoms with Gasteiger partial charge in [-0.25, -0.2) is 0 Å². The van der Waals surface area contributed by atoms with Gasteiger partial charge in [-0.1, -0.05) is 6.07 Å². The Balaban J connectivity index is 2.12. The highest BCUT2D eigenvalue weighted by molar-refractivity contribution is 5.92. The topological polar surface area (TPSA) is 40.2 Å². The molecule has 2 aromatic rings. The van der Waals surface area contributed by atoms with Crippen LogP contribution in [-0.4, -0.2) is 24.0 Å². The van der Waals surface area contributed by atoms with Crippen LogP contribution in [0.1, 0.15) is 24.5 Å². The smallest absolute Gasteiger partial charge is 0.398 e. The number of benzene rings is 1. The Bertz CT molecular complexity index is 642. The summed E-state index contributed by atoms with van der Waals surface area (Å²) in [4.78, 5) is 0. The minimum absolute atomic E-state index is 0.0906. The lowest BCUT2D eigenvalue weighted by Gasteiger charge is -2.24. The van der Waals surface area contributed by atoms with Crippen molar-refractivity contribution in [3.63, 3.8) is 0 Å². The molecule has 0 bridgehead atoms. The second kappa shape index (κ2) is 5.26. The standard InChI is InChI=1S/C15H17F3N2O/c16-15(17,18)9-20-13-3-1-2-12(19)11(13)8-14(20)10-4-6-21-7-5-10/h1-3,8,10H,4-7,9,19H2. The number of ether oxygens (including phenoxy) is 1. The van der Waals surface area contributed by atoms with Crippen molar-refractivity contribution >= 4 is 16.6 Å². The molecule has 1 aliphatic heterocycles. The predicted molar refractivity (Wildman–Crippen MR) is 75.2 cm³/mol. The Morgan fingerprint density at radius 3 is 2.62 bits per heavy atom. The first-order valence-corrected chi connectivity index (χ1v) is 6.98. The first kappa shape index (κ1) is 14.3. The van der Waals surface area contributed by atoms with E-state index in [2.05, 4.69) is 0 Å². The largest absolute Gasteiger partial charge is 0.406 e. The molecule has 21 heavy (non-hydrogen) atoms. The van der Waals surface area contributed by atoms with E-state index in [4.69, 9.17) is 10.5 Å². The summed E-state index contributed by atoms with van der Waals surface area (Å²) in [7, 11) is 0. The molecular formula is C15H17F3N2O. The van der Waals surface area contributed by atoms with Crippen molar-refractivity contribution in [2.45, 2.75) is 31.5 Å². The van der Waals surface area contributed by atoms with Crippen LogP contribution in [0.2, 0.25) is 0 Å². The van der Waals surface area contributed by atoms with Crippen LogP contribution in [0, 0.1) is 0 Å². The molecule has 0 spiro atoms. The van der Waals surface area contributed by atoms with E-state index in [9.17, 15) is 13.2 Å². The minimum Gasteiger partial charge on any atom is -0.398 e. The van der Waals surface area contributed by atoms with Crippen LogP contribution in [0.3, 0.4) is 0 Å². The molecule has 0 saturated carbocycles. The molecule has 0 atom stereocenters. The molecule has 3 rings (SSSR count). The molecule has 3 nitrogen and oxygen atoms in total. The van der Waals surface area contributed by atoms with E-state index in [1.807, 2.05) is 6.07 Å². The molecule has 114 valence electrons. The Labute approximate surface area is 120 Å². The fraction of sp³-hybridized carbons (Fsp3) is 0.467. The third-order valence-electron chi connectivity index (χ3n) is 3.99. The molecule has 1 aliphatic rings. The third-order valence-corrected chi connectivity index (χ3v) is 3.99. The molecule has 2 heterocycles. The second-order valence-corrected chi connectivity index (χ2v) is 5.44. The quantitative estimate of drug-likeness (QED) is 0.859. The fourth-order valence-electron chi connectivity index (χ4n) is 3.02. The highest BCUT2D eigenvalue weighted by atomic mass is 19.4. The number of rotatable bonds is 2. The van der Waals surface area contributed by atoms with Crippen LogP contribution in [0.25, 0.3) is 10.9 Å². The Hall–Kier alpha value is -1.69. The lowest BCUT2D eigenvalue weighted by molar-refractivity contribution is -0.140. The van der Waals surface area contributed by atoms with Crippen LogP contribution in [0.5, 0.6) is 0 Å². The second-order valence-electron chi connectivity index (χ2n) is 5.44. The summed E-state index contributed by atoms with van der Waals surface area (Å²) in [5.74, 6) is 0.0906. The fourth-order valence-corrected chi connectivity index (χ4v) is 3.02. The maximum absolute atomic E-state index is 12.9. The van der Waals surface area contributed by atoms with Gasteiger partial charge in [-0.15, -0.1) is 0 Å². The summed E-state index contributed by atoms with van der Waals surface area (Å²) >= 11 is 0. The summed E-state index contributed by atoms with van der Waals surface area (Å²) in [6.07, 6.45) is -2.77. The van der Waals surface area contributed by atoms with Gasteiger partial charge < -0.3 is 15.0 Å². The van der Waals surface area contributed by atoms with Crippen LogP contribution in [0.15, 0.2) is 24.3 Å². The molecule has 0 amide bonds. The molecule has 1 aromatic heterocycles. The van der Waals surface area contributed by atoms with E-state index in [-0.39, 0.29) is 5.92 Å². The molecule has 1 aromatic carbocycles. The molecule has 2 N–H and O–H groups in total. The van der Waals surface area contributed by atoms with E-state index >= 15 is 0 Å². The van der Waals surface area contributed by atoms with Gasteiger partial charge in [0.05, 0.1) is 5.52 Å². The van der Waals surface area contributed by atoms with E-state index < -0.39 is 12.7 Å².